The number of allylic oxidation sites excluding steroid dienone is 2. The van der Waals surface area contributed by atoms with Crippen molar-refractivity contribution in [2.45, 2.75) is 13.8 Å². The summed E-state index contributed by atoms with van der Waals surface area (Å²) in [5, 5.41) is 4.42. The third-order valence-corrected chi connectivity index (χ3v) is 9.39. The van der Waals surface area contributed by atoms with Crippen LogP contribution in [0, 0.1) is 0 Å². The van der Waals surface area contributed by atoms with Gasteiger partial charge in [0.25, 0.3) is 0 Å². The number of hydrogen-bond acceptors (Lipinski definition) is 0. The SMILES string of the molecule is CC(C)=CC[PH](c1ccccc1)(c1ccccc1)c1ccccc1. The van der Waals surface area contributed by atoms with Gasteiger partial charge in [-0.3, -0.25) is 0 Å². The fraction of sp³-hybridized carbons (Fsp3) is 0.130. The molecule has 1 heteroatoms. The fourth-order valence-corrected chi connectivity index (χ4v) is 8.08. The summed E-state index contributed by atoms with van der Waals surface area (Å²) in [7, 11) is -2.06. The van der Waals surface area contributed by atoms with Crippen LogP contribution in [0.3, 0.4) is 0 Å². The molecule has 0 unspecified atom stereocenters. The zero-order chi connectivity index (χ0) is 16.8. The first kappa shape index (κ1) is 16.7. The van der Waals surface area contributed by atoms with Crippen molar-refractivity contribution in [1.29, 1.82) is 0 Å². The predicted octanol–water partition coefficient (Wildman–Crippen LogP) is 4.68. The van der Waals surface area contributed by atoms with Crippen molar-refractivity contribution >= 4 is 23.2 Å². The molecular weight excluding hydrogens is 307 g/mol. The molecule has 122 valence electrons. The molecule has 0 N–H and O–H groups in total. The van der Waals surface area contributed by atoms with E-state index in [1.54, 1.807) is 0 Å². The topological polar surface area (TPSA) is 0 Å². The Morgan fingerprint density at radius 1 is 0.625 bits per heavy atom. The predicted molar refractivity (Wildman–Crippen MR) is 111 cm³/mol. The minimum atomic E-state index is -2.06. The molecule has 0 aliphatic heterocycles. The van der Waals surface area contributed by atoms with Crippen LogP contribution < -0.4 is 15.9 Å². The van der Waals surface area contributed by atoms with Gasteiger partial charge in [-0.05, 0) is 0 Å². The van der Waals surface area contributed by atoms with E-state index in [1.165, 1.54) is 21.5 Å². The molecule has 0 radical (unpaired) electrons. The van der Waals surface area contributed by atoms with E-state index in [0.717, 1.165) is 6.16 Å². The van der Waals surface area contributed by atoms with Crippen LogP contribution in [-0.2, 0) is 0 Å². The maximum absolute atomic E-state index is 2.42. The van der Waals surface area contributed by atoms with Crippen LogP contribution in [-0.4, -0.2) is 6.16 Å². The van der Waals surface area contributed by atoms with Gasteiger partial charge >= 0.3 is 146 Å². The molecule has 0 aromatic heterocycles. The van der Waals surface area contributed by atoms with Gasteiger partial charge in [-0.1, -0.05) is 0 Å². The van der Waals surface area contributed by atoms with E-state index in [9.17, 15) is 0 Å². The molecule has 0 atom stereocenters. The van der Waals surface area contributed by atoms with Crippen LogP contribution in [0.1, 0.15) is 13.8 Å². The van der Waals surface area contributed by atoms with E-state index < -0.39 is 7.26 Å². The van der Waals surface area contributed by atoms with Gasteiger partial charge in [-0.2, -0.15) is 0 Å². The standard InChI is InChI=1S/C23H25P/c1-20(2)18-19-24(21-12-6-3-7-13-21,22-14-8-4-9-15-22)23-16-10-5-11-17-23/h3-18,24H,19H2,1-2H3. The normalized spacial score (nSPS) is 11.8. The summed E-state index contributed by atoms with van der Waals surface area (Å²) in [6.45, 7) is 4.39. The van der Waals surface area contributed by atoms with E-state index >= 15 is 0 Å². The van der Waals surface area contributed by atoms with Gasteiger partial charge in [0.05, 0.1) is 0 Å². The van der Waals surface area contributed by atoms with E-state index in [4.69, 9.17) is 0 Å². The molecule has 0 heterocycles. The van der Waals surface area contributed by atoms with Gasteiger partial charge in [0.2, 0.25) is 0 Å². The zero-order valence-corrected chi connectivity index (χ0v) is 15.4. The average molecular weight is 332 g/mol. The maximum atomic E-state index is 2.42. The molecule has 0 aliphatic rings. The molecule has 3 rings (SSSR count). The Morgan fingerprint density at radius 2 is 0.958 bits per heavy atom. The Kier molecular flexibility index (Phi) is 5.28. The molecule has 0 spiro atoms. The molecule has 0 bridgehead atoms. The van der Waals surface area contributed by atoms with Crippen LogP contribution in [0.2, 0.25) is 0 Å². The second-order valence-corrected chi connectivity index (χ2v) is 10.4. The third-order valence-electron chi connectivity index (χ3n) is 4.62. The number of hydrogen-bond donors (Lipinski definition) is 0. The molecule has 3 aromatic rings. The number of rotatable bonds is 5. The van der Waals surface area contributed by atoms with Crippen LogP contribution in [0.15, 0.2) is 103 Å². The summed E-state index contributed by atoms with van der Waals surface area (Å²) < 4.78 is 0. The Morgan fingerprint density at radius 3 is 1.25 bits per heavy atom. The average Bonchev–Trinajstić information content (AvgIpc) is 2.65. The van der Waals surface area contributed by atoms with Crippen LogP contribution >= 0.6 is 7.26 Å². The second kappa shape index (κ2) is 7.60. The van der Waals surface area contributed by atoms with Crippen molar-refractivity contribution in [1.82, 2.24) is 0 Å². The summed E-state index contributed by atoms with van der Waals surface area (Å²) in [4.78, 5) is 0. The van der Waals surface area contributed by atoms with Gasteiger partial charge in [0.15, 0.2) is 0 Å². The van der Waals surface area contributed by atoms with Crippen molar-refractivity contribution in [3.63, 3.8) is 0 Å². The van der Waals surface area contributed by atoms with Crippen LogP contribution in [0.5, 0.6) is 0 Å². The second-order valence-electron chi connectivity index (χ2n) is 6.49. The Labute approximate surface area is 146 Å². The Bertz CT molecular complexity index is 689. The Hall–Kier alpha value is -2.17. The van der Waals surface area contributed by atoms with Gasteiger partial charge in [0, 0.05) is 0 Å². The van der Waals surface area contributed by atoms with Crippen molar-refractivity contribution in [3.05, 3.63) is 103 Å². The van der Waals surface area contributed by atoms with Crippen molar-refractivity contribution in [2.24, 2.45) is 0 Å². The summed E-state index contributed by atoms with van der Waals surface area (Å²) in [5.41, 5.74) is 1.38. The minimum absolute atomic E-state index is 1.09. The summed E-state index contributed by atoms with van der Waals surface area (Å²) in [6.07, 6.45) is 3.51. The monoisotopic (exact) mass is 332 g/mol. The van der Waals surface area contributed by atoms with E-state index in [1.807, 2.05) is 0 Å². The summed E-state index contributed by atoms with van der Waals surface area (Å²) in [5.74, 6) is 0. The van der Waals surface area contributed by atoms with E-state index in [2.05, 4.69) is 111 Å². The quantitative estimate of drug-likeness (QED) is 0.470. The molecular formula is C23H25P. The van der Waals surface area contributed by atoms with Crippen molar-refractivity contribution < 1.29 is 0 Å². The van der Waals surface area contributed by atoms with Gasteiger partial charge in [0.1, 0.15) is 0 Å². The number of benzene rings is 3. The molecule has 24 heavy (non-hydrogen) atoms. The first-order chi connectivity index (χ1) is 11.7. The molecule has 0 nitrogen and oxygen atoms in total. The molecule has 0 amide bonds. The van der Waals surface area contributed by atoms with Crippen molar-refractivity contribution in [2.75, 3.05) is 6.16 Å². The zero-order valence-electron chi connectivity index (χ0n) is 14.4. The van der Waals surface area contributed by atoms with Crippen LogP contribution in [0.4, 0.5) is 0 Å². The first-order valence-corrected chi connectivity index (χ1v) is 10.7. The fourth-order valence-electron chi connectivity index (χ4n) is 3.38. The van der Waals surface area contributed by atoms with E-state index in [0.29, 0.717) is 0 Å². The van der Waals surface area contributed by atoms with E-state index in [-0.39, 0.29) is 0 Å². The summed E-state index contributed by atoms with van der Waals surface area (Å²) >= 11 is 0. The Balaban J connectivity index is 2.30. The van der Waals surface area contributed by atoms with Crippen molar-refractivity contribution in [3.8, 4) is 0 Å². The first-order valence-electron chi connectivity index (χ1n) is 8.53. The van der Waals surface area contributed by atoms with Gasteiger partial charge in [-0.15, -0.1) is 0 Å². The molecule has 0 fully saturated rings. The molecule has 0 saturated heterocycles. The third kappa shape index (κ3) is 3.35. The van der Waals surface area contributed by atoms with Gasteiger partial charge in [-0.25, -0.2) is 0 Å². The molecule has 3 aromatic carbocycles. The molecule has 0 aliphatic carbocycles. The van der Waals surface area contributed by atoms with Crippen LogP contribution in [0.25, 0.3) is 0 Å². The van der Waals surface area contributed by atoms with Gasteiger partial charge < -0.3 is 0 Å². The molecule has 0 saturated carbocycles. The summed E-state index contributed by atoms with van der Waals surface area (Å²) in [6, 6.07) is 33.2.